The van der Waals surface area contributed by atoms with Gasteiger partial charge in [-0.25, -0.2) is 0 Å². The van der Waals surface area contributed by atoms with Crippen LogP contribution in [0.1, 0.15) is 25.6 Å². The fraction of sp³-hybridized carbons (Fsp3) is 0.500. The molecule has 0 unspecified atom stereocenters. The highest BCUT2D eigenvalue weighted by atomic mass is 16.3. The zero-order valence-electron chi connectivity index (χ0n) is 10.5. The number of aliphatic hydroxyl groups is 1. The van der Waals surface area contributed by atoms with Crippen molar-refractivity contribution in [3.05, 3.63) is 24.0 Å². The maximum atomic E-state index is 11.3. The number of aromatic nitrogens is 1. The molecule has 0 aliphatic carbocycles. The van der Waals surface area contributed by atoms with E-state index in [2.05, 4.69) is 10.3 Å². The Kier molecular flexibility index (Phi) is 4.90. The molecule has 1 aromatic heterocycles. The van der Waals surface area contributed by atoms with Gasteiger partial charge in [-0.3, -0.25) is 9.78 Å². The molecule has 0 aliphatic rings. The van der Waals surface area contributed by atoms with E-state index in [0.717, 1.165) is 12.2 Å². The molecule has 0 saturated heterocycles. The van der Waals surface area contributed by atoms with E-state index >= 15 is 0 Å². The smallest absolute Gasteiger partial charge is 0.239 e. The van der Waals surface area contributed by atoms with Gasteiger partial charge in [0, 0.05) is 13.6 Å². The Morgan fingerprint density at radius 3 is 2.71 bits per heavy atom. The van der Waals surface area contributed by atoms with Gasteiger partial charge in [-0.2, -0.15) is 0 Å². The fourth-order valence-electron chi connectivity index (χ4n) is 1.47. The highest BCUT2D eigenvalue weighted by molar-refractivity contribution is 5.80. The van der Waals surface area contributed by atoms with Gasteiger partial charge in [0.05, 0.1) is 30.2 Å². The summed E-state index contributed by atoms with van der Waals surface area (Å²) in [5, 5.41) is 11.9. The van der Waals surface area contributed by atoms with Crippen LogP contribution in [0.5, 0.6) is 0 Å². The second kappa shape index (κ2) is 6.20. The normalized spacial score (nSPS) is 12.0. The lowest BCUT2D eigenvalue weighted by molar-refractivity contribution is -0.119. The number of rotatable bonds is 5. The highest BCUT2D eigenvalue weighted by Crippen LogP contribution is 2.15. The van der Waals surface area contributed by atoms with Crippen LogP contribution in [0.3, 0.4) is 0 Å². The number of nitrogens with one attached hydrogen (secondary N) is 1. The number of likely N-dealkylation sites (N-methyl/N-ethyl adjacent to an activating group) is 2. The fourth-order valence-corrected chi connectivity index (χ4v) is 1.47. The van der Waals surface area contributed by atoms with Crippen LogP contribution in [-0.2, 0) is 4.79 Å². The molecule has 1 atom stereocenters. The van der Waals surface area contributed by atoms with Gasteiger partial charge >= 0.3 is 0 Å². The van der Waals surface area contributed by atoms with Gasteiger partial charge < -0.3 is 15.3 Å². The number of pyridine rings is 1. The Morgan fingerprint density at radius 2 is 2.29 bits per heavy atom. The number of hydrogen-bond donors (Lipinski definition) is 2. The van der Waals surface area contributed by atoms with Gasteiger partial charge in [-0.1, -0.05) is 0 Å². The summed E-state index contributed by atoms with van der Waals surface area (Å²) in [6.07, 6.45) is 1.10. The van der Waals surface area contributed by atoms with Crippen molar-refractivity contribution in [2.45, 2.75) is 20.0 Å². The molecule has 0 fully saturated rings. The standard InChI is InChI=1S/C12H19N3O2/c1-4-15(8-12(17)13-3)10-5-6-11(9(2)16)14-7-10/h5-7,9,16H,4,8H2,1-3H3,(H,13,17)/t9-/m1/s1. The summed E-state index contributed by atoms with van der Waals surface area (Å²) in [6, 6.07) is 3.63. The van der Waals surface area contributed by atoms with Crippen LogP contribution in [0.4, 0.5) is 5.69 Å². The van der Waals surface area contributed by atoms with Crippen LogP contribution in [0.25, 0.3) is 0 Å². The summed E-state index contributed by atoms with van der Waals surface area (Å²) in [7, 11) is 1.62. The molecule has 0 saturated carbocycles. The number of hydrogen-bond acceptors (Lipinski definition) is 4. The monoisotopic (exact) mass is 237 g/mol. The van der Waals surface area contributed by atoms with E-state index in [1.54, 1.807) is 26.2 Å². The largest absolute Gasteiger partial charge is 0.387 e. The molecule has 1 amide bonds. The maximum Gasteiger partial charge on any atom is 0.239 e. The third-order valence-corrected chi connectivity index (χ3v) is 2.56. The minimum atomic E-state index is -0.571. The summed E-state index contributed by atoms with van der Waals surface area (Å²) in [5.41, 5.74) is 1.50. The molecule has 1 aromatic rings. The van der Waals surface area contributed by atoms with Crippen LogP contribution < -0.4 is 10.2 Å². The van der Waals surface area contributed by atoms with Gasteiger partial charge in [-0.15, -0.1) is 0 Å². The average Bonchev–Trinajstić information content (AvgIpc) is 2.35. The van der Waals surface area contributed by atoms with Crippen molar-refractivity contribution >= 4 is 11.6 Å². The van der Waals surface area contributed by atoms with Gasteiger partial charge in [-0.05, 0) is 26.0 Å². The van der Waals surface area contributed by atoms with E-state index in [-0.39, 0.29) is 5.91 Å². The molecule has 0 radical (unpaired) electrons. The van der Waals surface area contributed by atoms with E-state index in [1.807, 2.05) is 17.9 Å². The van der Waals surface area contributed by atoms with E-state index in [0.29, 0.717) is 12.2 Å². The van der Waals surface area contributed by atoms with Crippen LogP contribution >= 0.6 is 0 Å². The number of carbonyl (C=O) groups excluding carboxylic acids is 1. The van der Waals surface area contributed by atoms with Crippen molar-refractivity contribution in [1.29, 1.82) is 0 Å². The second-order valence-corrected chi connectivity index (χ2v) is 3.80. The van der Waals surface area contributed by atoms with Crippen molar-refractivity contribution < 1.29 is 9.90 Å². The number of anilines is 1. The third kappa shape index (κ3) is 3.71. The summed E-state index contributed by atoms with van der Waals surface area (Å²) < 4.78 is 0. The van der Waals surface area contributed by atoms with Crippen molar-refractivity contribution in [3.8, 4) is 0 Å². The molecule has 1 heterocycles. The molecule has 1 rings (SSSR count). The molecule has 94 valence electrons. The number of carbonyl (C=O) groups is 1. The quantitative estimate of drug-likeness (QED) is 0.791. The Balaban J connectivity index is 2.78. The van der Waals surface area contributed by atoms with Crippen LogP contribution in [-0.4, -0.2) is 36.1 Å². The predicted octanol–water partition coefficient (Wildman–Crippen LogP) is 0.707. The van der Waals surface area contributed by atoms with Crippen molar-refractivity contribution in [3.63, 3.8) is 0 Å². The number of amides is 1. The summed E-state index contributed by atoms with van der Waals surface area (Å²) >= 11 is 0. The first kappa shape index (κ1) is 13.4. The first-order chi connectivity index (χ1) is 8.08. The molecule has 2 N–H and O–H groups in total. The zero-order chi connectivity index (χ0) is 12.8. The average molecular weight is 237 g/mol. The van der Waals surface area contributed by atoms with E-state index < -0.39 is 6.10 Å². The van der Waals surface area contributed by atoms with Crippen LogP contribution in [0.2, 0.25) is 0 Å². The van der Waals surface area contributed by atoms with Crippen molar-refractivity contribution in [2.24, 2.45) is 0 Å². The minimum absolute atomic E-state index is 0.0357. The van der Waals surface area contributed by atoms with E-state index in [4.69, 9.17) is 0 Å². The molecule has 0 aromatic carbocycles. The van der Waals surface area contributed by atoms with Crippen molar-refractivity contribution in [1.82, 2.24) is 10.3 Å². The molecule has 0 bridgehead atoms. The molecule has 5 nitrogen and oxygen atoms in total. The Morgan fingerprint density at radius 1 is 1.59 bits per heavy atom. The second-order valence-electron chi connectivity index (χ2n) is 3.80. The summed E-state index contributed by atoms with van der Waals surface area (Å²) in [4.78, 5) is 17.4. The predicted molar refractivity (Wildman–Crippen MR) is 66.8 cm³/mol. The lowest BCUT2D eigenvalue weighted by Crippen LogP contribution is -2.35. The number of nitrogens with zero attached hydrogens (tertiary/aromatic N) is 2. The third-order valence-electron chi connectivity index (χ3n) is 2.56. The molecular formula is C12H19N3O2. The topological polar surface area (TPSA) is 65.5 Å². The van der Waals surface area contributed by atoms with Gasteiger partial charge in [0.2, 0.25) is 5.91 Å². The SMILES string of the molecule is CCN(CC(=O)NC)c1ccc([C@@H](C)O)nc1. The Hall–Kier alpha value is -1.62. The van der Waals surface area contributed by atoms with Gasteiger partial charge in [0.1, 0.15) is 0 Å². The molecular weight excluding hydrogens is 218 g/mol. The molecule has 5 heteroatoms. The van der Waals surface area contributed by atoms with E-state index in [9.17, 15) is 9.90 Å². The van der Waals surface area contributed by atoms with Gasteiger partial charge in [0.15, 0.2) is 0 Å². The van der Waals surface area contributed by atoms with Gasteiger partial charge in [0.25, 0.3) is 0 Å². The Labute approximate surface area is 101 Å². The number of aliphatic hydroxyl groups excluding tert-OH is 1. The van der Waals surface area contributed by atoms with Crippen LogP contribution in [0, 0.1) is 0 Å². The maximum absolute atomic E-state index is 11.3. The zero-order valence-corrected chi connectivity index (χ0v) is 10.5. The van der Waals surface area contributed by atoms with E-state index in [1.165, 1.54) is 0 Å². The lowest BCUT2D eigenvalue weighted by atomic mass is 10.2. The molecule has 0 aliphatic heterocycles. The molecule has 0 spiro atoms. The summed E-state index contributed by atoms with van der Waals surface area (Å²) in [6.45, 7) is 4.68. The highest BCUT2D eigenvalue weighted by Gasteiger charge is 2.10. The first-order valence-corrected chi connectivity index (χ1v) is 5.68. The first-order valence-electron chi connectivity index (χ1n) is 5.68. The Bertz CT molecular complexity index is 363. The summed E-state index contributed by atoms with van der Waals surface area (Å²) in [5.74, 6) is -0.0357. The lowest BCUT2D eigenvalue weighted by Gasteiger charge is -2.21. The minimum Gasteiger partial charge on any atom is -0.387 e. The van der Waals surface area contributed by atoms with Crippen molar-refractivity contribution in [2.75, 3.05) is 25.0 Å². The molecule has 17 heavy (non-hydrogen) atoms. The van der Waals surface area contributed by atoms with Crippen LogP contribution in [0.15, 0.2) is 18.3 Å².